The quantitative estimate of drug-likeness (QED) is 0.598. The van der Waals surface area contributed by atoms with Crippen LogP contribution in [0.3, 0.4) is 0 Å². The molecule has 1 aromatic rings. The molecular weight excluding hydrogens is 238 g/mol. The lowest BCUT2D eigenvalue weighted by Gasteiger charge is -2.16. The molecule has 0 bridgehead atoms. The van der Waals surface area contributed by atoms with Gasteiger partial charge in [-0.25, -0.2) is 0 Å². The van der Waals surface area contributed by atoms with E-state index < -0.39 is 0 Å². The van der Waals surface area contributed by atoms with Crippen LogP contribution in [-0.2, 0) is 4.79 Å². The Morgan fingerprint density at radius 1 is 1.21 bits per heavy atom. The van der Waals surface area contributed by atoms with E-state index in [1.54, 1.807) is 12.3 Å². The Labute approximate surface area is 115 Å². The van der Waals surface area contributed by atoms with Gasteiger partial charge < -0.3 is 0 Å². The number of ketones is 2. The van der Waals surface area contributed by atoms with E-state index in [4.69, 9.17) is 0 Å². The molecule has 0 fully saturated rings. The van der Waals surface area contributed by atoms with Crippen LogP contribution >= 0.6 is 0 Å². The minimum Gasteiger partial charge on any atom is -0.299 e. The molecule has 3 nitrogen and oxygen atoms in total. The summed E-state index contributed by atoms with van der Waals surface area (Å²) in [5.41, 5.74) is 1.40. The maximum atomic E-state index is 11.9. The summed E-state index contributed by atoms with van der Waals surface area (Å²) in [5, 5.41) is 0. The van der Waals surface area contributed by atoms with E-state index >= 15 is 0 Å². The highest BCUT2D eigenvalue weighted by atomic mass is 16.1. The first kappa shape index (κ1) is 15.5. The lowest BCUT2D eigenvalue weighted by atomic mass is 9.88. The predicted molar refractivity (Wildman–Crippen MR) is 76.4 cm³/mol. The van der Waals surface area contributed by atoms with Crippen molar-refractivity contribution in [1.82, 2.24) is 4.98 Å². The molecule has 0 unspecified atom stereocenters. The molecule has 19 heavy (non-hydrogen) atoms. The van der Waals surface area contributed by atoms with Crippen LogP contribution in [0.4, 0.5) is 0 Å². The summed E-state index contributed by atoms with van der Waals surface area (Å²) >= 11 is 0. The summed E-state index contributed by atoms with van der Waals surface area (Å²) < 4.78 is 0. The number of hydrogen-bond donors (Lipinski definition) is 0. The third kappa shape index (κ3) is 5.33. The van der Waals surface area contributed by atoms with Gasteiger partial charge in [0.05, 0.1) is 6.42 Å². The number of carbonyl (C=O) groups excluding carboxylic acids is 2. The number of aromatic nitrogens is 1. The van der Waals surface area contributed by atoms with E-state index in [9.17, 15) is 9.59 Å². The summed E-state index contributed by atoms with van der Waals surface area (Å²) in [4.78, 5) is 27.9. The Balaban J connectivity index is 2.66. The van der Waals surface area contributed by atoms with Gasteiger partial charge in [0.1, 0.15) is 11.5 Å². The molecule has 0 aliphatic rings. The lowest BCUT2D eigenvalue weighted by molar-refractivity contribution is -0.119. The maximum absolute atomic E-state index is 11.9. The normalized spacial score (nSPS) is 11.7. The minimum atomic E-state index is -0.190. The zero-order valence-corrected chi connectivity index (χ0v) is 12.5. The molecule has 1 aromatic heterocycles. The Bertz CT molecular complexity index is 453. The molecule has 104 valence electrons. The van der Waals surface area contributed by atoms with E-state index in [1.807, 2.05) is 26.8 Å². The Hall–Kier alpha value is -1.51. The van der Waals surface area contributed by atoms with Crippen LogP contribution in [0.25, 0.3) is 0 Å². The van der Waals surface area contributed by atoms with Crippen molar-refractivity contribution < 1.29 is 9.59 Å². The molecule has 0 spiro atoms. The maximum Gasteiger partial charge on any atom is 0.188 e. The second kappa shape index (κ2) is 6.09. The highest BCUT2D eigenvalue weighted by Gasteiger charge is 2.19. The number of hydrogen-bond acceptors (Lipinski definition) is 3. The van der Waals surface area contributed by atoms with Crippen molar-refractivity contribution in [3.05, 3.63) is 29.6 Å². The first-order chi connectivity index (χ1) is 8.69. The van der Waals surface area contributed by atoms with E-state index in [1.165, 1.54) is 0 Å². The number of Topliss-reactive ketones (excluding diaryl/α,β-unsaturated/α-hetero) is 2. The van der Waals surface area contributed by atoms with Gasteiger partial charge in [-0.05, 0) is 23.0 Å². The van der Waals surface area contributed by atoms with Crippen molar-refractivity contribution in [1.29, 1.82) is 0 Å². The zero-order valence-electron chi connectivity index (χ0n) is 12.5. The third-order valence-electron chi connectivity index (χ3n) is 2.82. The Morgan fingerprint density at radius 3 is 2.26 bits per heavy atom. The van der Waals surface area contributed by atoms with Gasteiger partial charge in [0, 0.05) is 12.6 Å². The molecule has 0 radical (unpaired) electrons. The van der Waals surface area contributed by atoms with E-state index in [0.717, 1.165) is 5.56 Å². The first-order valence-electron chi connectivity index (χ1n) is 6.70. The summed E-state index contributed by atoms with van der Waals surface area (Å²) in [6, 6.07) is 3.61. The number of rotatable bonds is 5. The van der Waals surface area contributed by atoms with Gasteiger partial charge in [0.2, 0.25) is 0 Å². The van der Waals surface area contributed by atoms with Gasteiger partial charge in [0.25, 0.3) is 0 Å². The third-order valence-corrected chi connectivity index (χ3v) is 2.82. The van der Waals surface area contributed by atoms with Crippen LogP contribution in [0.5, 0.6) is 0 Å². The molecule has 0 saturated heterocycles. The fourth-order valence-corrected chi connectivity index (χ4v) is 1.84. The van der Waals surface area contributed by atoms with Gasteiger partial charge in [0.15, 0.2) is 5.78 Å². The standard InChI is InChI=1S/C16H23NO2/c1-11(2)12-6-7-14(17-10-12)15(19)8-13(18)9-16(3,4)5/h6-7,10-11H,8-9H2,1-5H3. The van der Waals surface area contributed by atoms with Gasteiger partial charge in [-0.3, -0.25) is 14.6 Å². The molecule has 1 heterocycles. The summed E-state index contributed by atoms with van der Waals surface area (Å²) in [6.07, 6.45) is 2.08. The molecule has 3 heteroatoms. The Kier molecular flexibility index (Phi) is 4.98. The average molecular weight is 261 g/mol. The summed E-state index contributed by atoms with van der Waals surface area (Å²) in [7, 11) is 0. The molecule has 0 aliphatic heterocycles. The van der Waals surface area contributed by atoms with Crippen LogP contribution in [0.1, 0.15) is 69.4 Å². The van der Waals surface area contributed by atoms with Crippen LogP contribution in [0.2, 0.25) is 0 Å². The molecular formula is C16H23NO2. The second-order valence-corrected chi connectivity index (χ2v) is 6.51. The molecule has 0 atom stereocenters. The largest absolute Gasteiger partial charge is 0.299 e. The van der Waals surface area contributed by atoms with Crippen LogP contribution in [-0.4, -0.2) is 16.6 Å². The highest BCUT2D eigenvalue weighted by molar-refractivity contribution is 6.07. The van der Waals surface area contributed by atoms with Crippen molar-refractivity contribution >= 4 is 11.6 Å². The SMILES string of the molecule is CC(C)c1ccc(C(=O)CC(=O)CC(C)(C)C)nc1. The van der Waals surface area contributed by atoms with Crippen LogP contribution < -0.4 is 0 Å². The van der Waals surface area contributed by atoms with Crippen LogP contribution in [0.15, 0.2) is 18.3 Å². The van der Waals surface area contributed by atoms with Gasteiger partial charge in [-0.1, -0.05) is 40.7 Å². The van der Waals surface area contributed by atoms with Crippen molar-refractivity contribution in [2.24, 2.45) is 5.41 Å². The Morgan fingerprint density at radius 2 is 1.84 bits per heavy atom. The van der Waals surface area contributed by atoms with Gasteiger partial charge in [-0.2, -0.15) is 0 Å². The number of carbonyl (C=O) groups is 2. The van der Waals surface area contributed by atoms with Gasteiger partial charge in [-0.15, -0.1) is 0 Å². The lowest BCUT2D eigenvalue weighted by Crippen LogP contribution is -2.16. The van der Waals surface area contributed by atoms with Crippen molar-refractivity contribution in [3.8, 4) is 0 Å². The molecule has 0 amide bonds. The monoisotopic (exact) mass is 261 g/mol. The highest BCUT2D eigenvalue weighted by Crippen LogP contribution is 2.20. The van der Waals surface area contributed by atoms with Gasteiger partial charge >= 0.3 is 0 Å². The molecule has 0 aliphatic carbocycles. The first-order valence-corrected chi connectivity index (χ1v) is 6.70. The second-order valence-electron chi connectivity index (χ2n) is 6.51. The average Bonchev–Trinajstić information content (AvgIpc) is 2.26. The fourth-order valence-electron chi connectivity index (χ4n) is 1.84. The number of nitrogens with zero attached hydrogens (tertiary/aromatic N) is 1. The van der Waals surface area contributed by atoms with Crippen molar-refractivity contribution in [2.75, 3.05) is 0 Å². The molecule has 0 N–H and O–H groups in total. The van der Waals surface area contributed by atoms with Crippen molar-refractivity contribution in [2.45, 2.75) is 53.4 Å². The molecule has 1 rings (SSSR count). The smallest absolute Gasteiger partial charge is 0.188 e. The molecule has 0 aromatic carbocycles. The molecule has 0 saturated carbocycles. The van der Waals surface area contributed by atoms with Crippen LogP contribution in [0, 0.1) is 5.41 Å². The van der Waals surface area contributed by atoms with E-state index in [2.05, 4.69) is 18.8 Å². The van der Waals surface area contributed by atoms with E-state index in [0.29, 0.717) is 18.0 Å². The minimum absolute atomic E-state index is 0.0211. The number of pyridine rings is 1. The van der Waals surface area contributed by atoms with Crippen molar-refractivity contribution in [3.63, 3.8) is 0 Å². The topological polar surface area (TPSA) is 47.0 Å². The fraction of sp³-hybridized carbons (Fsp3) is 0.562. The van der Waals surface area contributed by atoms with E-state index in [-0.39, 0.29) is 23.4 Å². The summed E-state index contributed by atoms with van der Waals surface area (Å²) in [5.74, 6) is 0.177. The zero-order chi connectivity index (χ0) is 14.6. The summed E-state index contributed by atoms with van der Waals surface area (Å²) in [6.45, 7) is 10.1. The predicted octanol–water partition coefficient (Wildman–Crippen LogP) is 3.78.